The number of halogens is 4. The van der Waals surface area contributed by atoms with Crippen LogP contribution in [0.15, 0.2) is 58.1 Å². The predicted molar refractivity (Wildman–Crippen MR) is 138 cm³/mol. The molecule has 0 amide bonds. The molecule has 1 aromatic heterocycles. The molecule has 0 fully saturated rings. The minimum Gasteiger partial charge on any atom is -0.470 e. The maximum Gasteiger partial charge on any atom is 0.573 e. The third-order valence-electron chi connectivity index (χ3n) is 5.86. The minimum absolute atomic E-state index is 0.0853. The van der Waals surface area contributed by atoms with E-state index in [0.717, 1.165) is 22.3 Å². The van der Waals surface area contributed by atoms with Crippen LogP contribution < -0.4 is 26.0 Å². The molecule has 0 bridgehead atoms. The van der Waals surface area contributed by atoms with Gasteiger partial charge in [-0.25, -0.2) is 4.79 Å². The van der Waals surface area contributed by atoms with Crippen molar-refractivity contribution in [1.82, 2.24) is 9.13 Å². The maximum absolute atomic E-state index is 13.0. The van der Waals surface area contributed by atoms with E-state index in [0.29, 0.717) is 11.4 Å². The second-order valence-electron chi connectivity index (χ2n) is 8.78. The minimum atomic E-state index is -4.86. The normalized spacial score (nSPS) is 13.2. The van der Waals surface area contributed by atoms with Crippen molar-refractivity contribution in [2.45, 2.75) is 39.4 Å². The van der Waals surface area contributed by atoms with Crippen LogP contribution in [0.2, 0.25) is 5.02 Å². The third kappa shape index (κ3) is 7.55. The summed E-state index contributed by atoms with van der Waals surface area (Å²) in [5.74, 6) is -0.398. The number of nitrogens with one attached hydrogen (secondary N) is 1. The summed E-state index contributed by atoms with van der Waals surface area (Å²) < 4.78 is 55.7. The molecule has 2 unspecified atom stereocenters. The van der Waals surface area contributed by atoms with Gasteiger partial charge >= 0.3 is 12.1 Å². The highest BCUT2D eigenvalue weighted by Crippen LogP contribution is 2.28. The number of ether oxygens (including phenoxy) is 3. The summed E-state index contributed by atoms with van der Waals surface area (Å²) in [5, 5.41) is 3.71. The largest absolute Gasteiger partial charge is 0.573 e. The number of aromatic nitrogens is 2. The third-order valence-corrected chi connectivity index (χ3v) is 6.11. The van der Waals surface area contributed by atoms with Crippen molar-refractivity contribution in [3.05, 3.63) is 85.5 Å². The first-order chi connectivity index (χ1) is 17.9. The zero-order chi connectivity index (χ0) is 28.0. The molecule has 8 nitrogen and oxygen atoms in total. The summed E-state index contributed by atoms with van der Waals surface area (Å²) >= 11 is 5.99. The second kappa shape index (κ2) is 12.4. The van der Waals surface area contributed by atoms with E-state index in [1.807, 2.05) is 19.1 Å². The monoisotopic (exact) mass is 555 g/mol. The van der Waals surface area contributed by atoms with Gasteiger partial charge in [0, 0.05) is 31.2 Å². The lowest BCUT2D eigenvalue weighted by Gasteiger charge is -2.29. The first kappa shape index (κ1) is 29.1. The van der Waals surface area contributed by atoms with Crippen molar-refractivity contribution < 1.29 is 27.4 Å². The Bertz CT molecular complexity index is 1320. The van der Waals surface area contributed by atoms with Crippen LogP contribution >= 0.6 is 11.6 Å². The number of nitrogens with zero attached hydrogens (tertiary/aromatic N) is 2. The predicted octanol–water partition coefficient (Wildman–Crippen LogP) is 4.75. The molecule has 0 saturated heterocycles. The fraction of sp³-hybridized carbons (Fsp3) is 0.385. The fourth-order valence-corrected chi connectivity index (χ4v) is 4.04. The van der Waals surface area contributed by atoms with Crippen LogP contribution in [0.25, 0.3) is 0 Å². The van der Waals surface area contributed by atoms with Crippen molar-refractivity contribution in [3.63, 3.8) is 0 Å². The lowest BCUT2D eigenvalue weighted by molar-refractivity contribution is -0.274. The van der Waals surface area contributed by atoms with Gasteiger partial charge in [0.15, 0.2) is 6.23 Å². The Labute approximate surface area is 222 Å². The molecule has 0 radical (unpaired) electrons. The van der Waals surface area contributed by atoms with Crippen molar-refractivity contribution in [3.8, 4) is 11.5 Å². The van der Waals surface area contributed by atoms with Crippen LogP contribution in [0.1, 0.15) is 18.1 Å². The standard InChI is InChI=1S/C26H29ClF3N3O5/c1-16(14-18-8-10-19(27)11-9-18)23(37-20-6-5-7-21(15-20)38-26(28,29)30)31-22-17(2)24(34)33(12-13-36-4)25(35)32(22)3/h5-11,15-16,23,31H,12-14H2,1-4H3. The van der Waals surface area contributed by atoms with Crippen LogP contribution in [-0.2, 0) is 24.8 Å². The average molecular weight is 556 g/mol. The van der Waals surface area contributed by atoms with Gasteiger partial charge in [0.05, 0.1) is 18.7 Å². The highest BCUT2D eigenvalue weighted by Gasteiger charge is 2.31. The Morgan fingerprint density at radius 3 is 2.37 bits per heavy atom. The maximum atomic E-state index is 13.0. The molecule has 3 rings (SSSR count). The Morgan fingerprint density at radius 2 is 1.74 bits per heavy atom. The van der Waals surface area contributed by atoms with E-state index < -0.39 is 29.6 Å². The molecule has 0 spiro atoms. The number of hydrogen-bond donors (Lipinski definition) is 1. The van der Waals surface area contributed by atoms with E-state index in [-0.39, 0.29) is 36.2 Å². The Hall–Kier alpha value is -3.44. The fourth-order valence-electron chi connectivity index (χ4n) is 3.92. The topological polar surface area (TPSA) is 83.7 Å². The highest BCUT2D eigenvalue weighted by molar-refractivity contribution is 6.30. The molecule has 206 valence electrons. The smallest absolute Gasteiger partial charge is 0.470 e. The molecular formula is C26H29ClF3N3O5. The van der Waals surface area contributed by atoms with Gasteiger partial charge in [0.25, 0.3) is 5.56 Å². The zero-order valence-electron chi connectivity index (χ0n) is 21.3. The molecule has 3 aromatic rings. The molecule has 0 saturated carbocycles. The number of anilines is 1. The summed E-state index contributed by atoms with van der Waals surface area (Å²) in [5.41, 5.74) is 0.166. The van der Waals surface area contributed by atoms with Gasteiger partial charge in [0.2, 0.25) is 0 Å². The number of rotatable bonds is 11. The quantitative estimate of drug-likeness (QED) is 0.344. The van der Waals surface area contributed by atoms with Gasteiger partial charge in [-0.15, -0.1) is 13.2 Å². The Kier molecular flexibility index (Phi) is 9.50. The summed E-state index contributed by atoms with van der Waals surface area (Å²) in [4.78, 5) is 25.9. The number of methoxy groups -OCH3 is 1. The van der Waals surface area contributed by atoms with E-state index in [1.165, 1.54) is 30.9 Å². The Morgan fingerprint density at radius 1 is 1.08 bits per heavy atom. The molecule has 0 aliphatic heterocycles. The molecule has 38 heavy (non-hydrogen) atoms. The molecule has 0 aliphatic carbocycles. The van der Waals surface area contributed by atoms with Gasteiger partial charge in [-0.3, -0.25) is 13.9 Å². The highest BCUT2D eigenvalue weighted by atomic mass is 35.5. The molecule has 2 atom stereocenters. The summed E-state index contributed by atoms with van der Waals surface area (Å²) in [6, 6.07) is 12.3. The number of hydrogen-bond acceptors (Lipinski definition) is 6. The van der Waals surface area contributed by atoms with Gasteiger partial charge in [0.1, 0.15) is 17.3 Å². The van der Waals surface area contributed by atoms with Gasteiger partial charge in [-0.05, 0) is 43.2 Å². The van der Waals surface area contributed by atoms with E-state index in [9.17, 15) is 22.8 Å². The van der Waals surface area contributed by atoms with Gasteiger partial charge < -0.3 is 19.5 Å². The molecular weight excluding hydrogens is 527 g/mol. The van der Waals surface area contributed by atoms with Crippen molar-refractivity contribution in [1.29, 1.82) is 0 Å². The molecule has 2 aromatic carbocycles. The molecule has 1 N–H and O–H groups in total. The molecule has 1 heterocycles. The molecule has 12 heteroatoms. The first-order valence-electron chi connectivity index (χ1n) is 11.7. The van der Waals surface area contributed by atoms with Crippen LogP contribution in [0, 0.1) is 12.8 Å². The summed E-state index contributed by atoms with van der Waals surface area (Å²) in [7, 11) is 2.98. The van der Waals surface area contributed by atoms with E-state index >= 15 is 0 Å². The Balaban J connectivity index is 1.98. The number of benzene rings is 2. The summed E-state index contributed by atoms with van der Waals surface area (Å²) in [6.07, 6.45) is -5.23. The summed E-state index contributed by atoms with van der Waals surface area (Å²) in [6.45, 7) is 3.71. The van der Waals surface area contributed by atoms with Crippen LogP contribution in [0.4, 0.5) is 19.0 Å². The van der Waals surface area contributed by atoms with E-state index in [1.54, 1.807) is 19.1 Å². The number of alkyl halides is 3. The van der Waals surface area contributed by atoms with Crippen molar-refractivity contribution >= 4 is 17.4 Å². The first-order valence-corrected chi connectivity index (χ1v) is 12.1. The lowest BCUT2D eigenvalue weighted by Crippen LogP contribution is -2.44. The van der Waals surface area contributed by atoms with Crippen molar-refractivity contribution in [2.24, 2.45) is 13.0 Å². The van der Waals surface area contributed by atoms with Gasteiger partial charge in [-0.2, -0.15) is 0 Å². The molecule has 0 aliphatic rings. The van der Waals surface area contributed by atoms with Crippen molar-refractivity contribution in [2.75, 3.05) is 19.0 Å². The van der Waals surface area contributed by atoms with Gasteiger partial charge in [-0.1, -0.05) is 36.7 Å². The SMILES string of the molecule is COCCn1c(=O)c(C)c(NC(Oc2cccc(OC(F)(F)F)c2)C(C)Cc2ccc(Cl)cc2)n(C)c1=O. The van der Waals surface area contributed by atoms with Crippen LogP contribution in [0.5, 0.6) is 11.5 Å². The van der Waals surface area contributed by atoms with Crippen LogP contribution in [-0.4, -0.2) is 35.4 Å². The van der Waals surface area contributed by atoms with E-state index in [4.69, 9.17) is 21.1 Å². The zero-order valence-corrected chi connectivity index (χ0v) is 22.1. The van der Waals surface area contributed by atoms with E-state index in [2.05, 4.69) is 10.1 Å². The lowest BCUT2D eigenvalue weighted by atomic mass is 9.99. The second-order valence-corrected chi connectivity index (χ2v) is 9.21. The van der Waals surface area contributed by atoms with Crippen LogP contribution in [0.3, 0.4) is 0 Å². The average Bonchev–Trinajstić information content (AvgIpc) is 2.85.